The predicted octanol–water partition coefficient (Wildman–Crippen LogP) is 2.06. The van der Waals surface area contributed by atoms with Crippen molar-refractivity contribution in [3.8, 4) is 5.75 Å². The van der Waals surface area contributed by atoms with Gasteiger partial charge in [-0.1, -0.05) is 11.8 Å². The molecular formula is C17H18N4O4S. The molecule has 0 bridgehead atoms. The number of thioether (sulfide) groups is 1. The summed E-state index contributed by atoms with van der Waals surface area (Å²) in [4.78, 5) is 26.9. The Morgan fingerprint density at radius 3 is 2.88 bits per heavy atom. The van der Waals surface area contributed by atoms with Crippen molar-refractivity contribution in [2.24, 2.45) is 0 Å². The van der Waals surface area contributed by atoms with Crippen molar-refractivity contribution in [3.63, 3.8) is 0 Å². The summed E-state index contributed by atoms with van der Waals surface area (Å²) >= 11 is 1.38. The van der Waals surface area contributed by atoms with Crippen LogP contribution in [-0.2, 0) is 4.74 Å². The summed E-state index contributed by atoms with van der Waals surface area (Å²) in [6.45, 7) is 2.22. The number of hydrogen-bond donors (Lipinski definition) is 2. The Labute approximate surface area is 154 Å². The van der Waals surface area contributed by atoms with Crippen LogP contribution in [0.4, 0.5) is 0 Å². The van der Waals surface area contributed by atoms with Gasteiger partial charge < -0.3 is 19.6 Å². The summed E-state index contributed by atoms with van der Waals surface area (Å²) in [6.07, 6.45) is 2.41. The van der Waals surface area contributed by atoms with Gasteiger partial charge in [0.1, 0.15) is 24.2 Å². The maximum absolute atomic E-state index is 11.6. The molecule has 2 N–H and O–H groups in total. The summed E-state index contributed by atoms with van der Waals surface area (Å²) in [5.41, 5.74) is 1.81. The second kappa shape index (κ2) is 8.63. The minimum absolute atomic E-state index is 0.131. The fourth-order valence-electron chi connectivity index (χ4n) is 2.13. The van der Waals surface area contributed by atoms with E-state index in [1.165, 1.54) is 18.1 Å². The number of aromatic nitrogens is 4. The zero-order valence-electron chi connectivity index (χ0n) is 14.1. The van der Waals surface area contributed by atoms with Crippen LogP contribution in [0.1, 0.15) is 17.3 Å². The van der Waals surface area contributed by atoms with E-state index in [9.17, 15) is 9.90 Å². The van der Waals surface area contributed by atoms with E-state index in [1.807, 2.05) is 0 Å². The third-order valence-corrected chi connectivity index (χ3v) is 4.38. The van der Waals surface area contributed by atoms with Gasteiger partial charge in [0, 0.05) is 5.75 Å². The Morgan fingerprint density at radius 2 is 2.15 bits per heavy atom. The van der Waals surface area contributed by atoms with E-state index in [0.717, 1.165) is 5.52 Å². The molecule has 0 amide bonds. The zero-order chi connectivity index (χ0) is 18.4. The Morgan fingerprint density at radius 1 is 1.35 bits per heavy atom. The molecule has 1 unspecified atom stereocenters. The SMILES string of the molecule is CCOC(=O)c1ccc(OCC(O)CSc2nc3ncncc3[nH]2)cc1. The first kappa shape index (κ1) is 18.2. The number of carbonyl (C=O) groups excluding carboxylic acids is 1. The van der Waals surface area contributed by atoms with Gasteiger partial charge in [0.2, 0.25) is 0 Å². The van der Waals surface area contributed by atoms with Crippen LogP contribution in [0.5, 0.6) is 5.75 Å². The average Bonchev–Trinajstić information content (AvgIpc) is 3.08. The van der Waals surface area contributed by atoms with Crippen molar-refractivity contribution in [2.75, 3.05) is 19.0 Å². The maximum Gasteiger partial charge on any atom is 0.338 e. The first-order chi connectivity index (χ1) is 12.7. The number of esters is 1. The van der Waals surface area contributed by atoms with E-state index < -0.39 is 6.10 Å². The monoisotopic (exact) mass is 374 g/mol. The predicted molar refractivity (Wildman–Crippen MR) is 96.3 cm³/mol. The van der Waals surface area contributed by atoms with Gasteiger partial charge in [-0.05, 0) is 31.2 Å². The van der Waals surface area contributed by atoms with Crippen LogP contribution in [0.25, 0.3) is 11.2 Å². The minimum Gasteiger partial charge on any atom is -0.491 e. The molecule has 1 aromatic carbocycles. The molecule has 3 rings (SSSR count). The Hall–Kier alpha value is -2.65. The zero-order valence-corrected chi connectivity index (χ0v) is 14.9. The number of hydrogen-bond acceptors (Lipinski definition) is 8. The van der Waals surface area contributed by atoms with Crippen LogP contribution in [-0.4, -0.2) is 56.1 Å². The summed E-state index contributed by atoms with van der Waals surface area (Å²) in [5.74, 6) is 0.612. The van der Waals surface area contributed by atoms with E-state index in [1.54, 1.807) is 37.4 Å². The number of ether oxygens (including phenoxy) is 2. The van der Waals surface area contributed by atoms with Crippen LogP contribution in [0.2, 0.25) is 0 Å². The van der Waals surface area contributed by atoms with E-state index in [2.05, 4.69) is 19.9 Å². The number of benzene rings is 1. The first-order valence-electron chi connectivity index (χ1n) is 8.02. The second-order valence-electron chi connectivity index (χ2n) is 5.32. The number of rotatable bonds is 8. The molecule has 0 aliphatic carbocycles. The highest BCUT2D eigenvalue weighted by Gasteiger charge is 2.11. The molecule has 26 heavy (non-hydrogen) atoms. The van der Waals surface area contributed by atoms with Gasteiger partial charge in [0.15, 0.2) is 10.8 Å². The molecule has 0 radical (unpaired) electrons. The molecule has 2 aromatic heterocycles. The number of imidazole rings is 1. The first-order valence-corrected chi connectivity index (χ1v) is 9.01. The lowest BCUT2D eigenvalue weighted by molar-refractivity contribution is 0.0526. The number of carbonyl (C=O) groups is 1. The molecule has 0 spiro atoms. The topological polar surface area (TPSA) is 110 Å². The van der Waals surface area contributed by atoms with Crippen molar-refractivity contribution in [1.29, 1.82) is 0 Å². The number of fused-ring (bicyclic) bond motifs is 1. The lowest BCUT2D eigenvalue weighted by Gasteiger charge is -2.11. The van der Waals surface area contributed by atoms with Crippen LogP contribution in [0, 0.1) is 0 Å². The maximum atomic E-state index is 11.6. The normalized spacial score (nSPS) is 12.1. The van der Waals surface area contributed by atoms with E-state index >= 15 is 0 Å². The highest BCUT2D eigenvalue weighted by Crippen LogP contribution is 2.19. The molecule has 0 aliphatic rings. The van der Waals surface area contributed by atoms with E-state index in [0.29, 0.717) is 34.5 Å². The highest BCUT2D eigenvalue weighted by molar-refractivity contribution is 7.99. The van der Waals surface area contributed by atoms with Crippen LogP contribution in [0.3, 0.4) is 0 Å². The molecule has 1 atom stereocenters. The summed E-state index contributed by atoms with van der Waals surface area (Å²) in [5, 5.41) is 10.7. The molecule has 136 valence electrons. The van der Waals surface area contributed by atoms with Gasteiger partial charge in [-0.15, -0.1) is 0 Å². The summed E-state index contributed by atoms with van der Waals surface area (Å²) < 4.78 is 10.5. The average molecular weight is 374 g/mol. The summed E-state index contributed by atoms with van der Waals surface area (Å²) in [7, 11) is 0. The third kappa shape index (κ3) is 4.70. The largest absolute Gasteiger partial charge is 0.491 e. The van der Waals surface area contributed by atoms with Crippen LogP contribution >= 0.6 is 11.8 Å². The fraction of sp³-hybridized carbons (Fsp3) is 0.294. The van der Waals surface area contributed by atoms with Gasteiger partial charge in [-0.25, -0.2) is 19.7 Å². The van der Waals surface area contributed by atoms with Gasteiger partial charge >= 0.3 is 5.97 Å². The van der Waals surface area contributed by atoms with Gasteiger partial charge in [0.25, 0.3) is 0 Å². The van der Waals surface area contributed by atoms with Gasteiger partial charge in [0.05, 0.1) is 24.5 Å². The van der Waals surface area contributed by atoms with Crippen molar-refractivity contribution in [2.45, 2.75) is 18.2 Å². The van der Waals surface area contributed by atoms with Crippen LogP contribution in [0.15, 0.2) is 41.9 Å². The molecule has 0 aliphatic heterocycles. The molecule has 2 heterocycles. The standard InChI is InChI=1S/C17H18N4O4S/c1-2-24-16(23)11-3-5-13(6-4-11)25-8-12(22)9-26-17-20-14-7-18-10-19-15(14)21-17/h3-7,10,12,22H,2,8-9H2,1H3,(H,18,19,20,21). The van der Waals surface area contributed by atoms with E-state index in [-0.39, 0.29) is 12.6 Å². The number of nitrogens with one attached hydrogen (secondary N) is 1. The number of aromatic amines is 1. The van der Waals surface area contributed by atoms with Gasteiger partial charge in [-0.2, -0.15) is 0 Å². The number of aliphatic hydroxyl groups excluding tert-OH is 1. The molecule has 3 aromatic rings. The fourth-order valence-corrected chi connectivity index (χ4v) is 2.91. The lowest BCUT2D eigenvalue weighted by Crippen LogP contribution is -2.20. The second-order valence-corrected chi connectivity index (χ2v) is 6.33. The van der Waals surface area contributed by atoms with Gasteiger partial charge in [-0.3, -0.25) is 0 Å². The minimum atomic E-state index is -0.677. The van der Waals surface area contributed by atoms with Crippen LogP contribution < -0.4 is 4.74 Å². The summed E-state index contributed by atoms with van der Waals surface area (Å²) in [6, 6.07) is 6.60. The van der Waals surface area contributed by atoms with Crippen molar-refractivity contribution in [3.05, 3.63) is 42.4 Å². The Kier molecular flexibility index (Phi) is 6.03. The molecule has 0 fully saturated rings. The number of nitrogens with zero attached hydrogens (tertiary/aromatic N) is 3. The quantitative estimate of drug-likeness (QED) is 0.455. The number of H-pyrrole nitrogens is 1. The molecule has 9 heteroatoms. The van der Waals surface area contributed by atoms with Crippen molar-refractivity contribution >= 4 is 28.9 Å². The highest BCUT2D eigenvalue weighted by atomic mass is 32.2. The van der Waals surface area contributed by atoms with Crippen molar-refractivity contribution in [1.82, 2.24) is 19.9 Å². The molecular weight excluding hydrogens is 356 g/mol. The molecule has 8 nitrogen and oxygen atoms in total. The van der Waals surface area contributed by atoms with E-state index in [4.69, 9.17) is 9.47 Å². The Balaban J connectivity index is 1.46. The van der Waals surface area contributed by atoms with Crippen molar-refractivity contribution < 1.29 is 19.4 Å². The Bertz CT molecular complexity index is 836. The number of aliphatic hydroxyl groups is 1. The molecule has 0 saturated heterocycles. The lowest BCUT2D eigenvalue weighted by atomic mass is 10.2. The molecule has 0 saturated carbocycles. The third-order valence-electron chi connectivity index (χ3n) is 3.36. The smallest absolute Gasteiger partial charge is 0.338 e.